The maximum absolute atomic E-state index is 11.5. The fourth-order valence-electron chi connectivity index (χ4n) is 1.72. The number of nitrogens with zero attached hydrogens (tertiary/aromatic N) is 1. The molecule has 0 atom stereocenters. The summed E-state index contributed by atoms with van der Waals surface area (Å²) in [5.41, 5.74) is 0.898. The predicted molar refractivity (Wildman–Crippen MR) is 88.6 cm³/mol. The van der Waals surface area contributed by atoms with E-state index in [0.717, 1.165) is 10.6 Å². The largest absolute Gasteiger partial charge is 0.493 e. The lowest BCUT2D eigenvalue weighted by atomic mass is 10.2. The zero-order valence-electron chi connectivity index (χ0n) is 12.5. The molecule has 0 bridgehead atoms. The summed E-state index contributed by atoms with van der Waals surface area (Å²) in [6.45, 7) is 0.129. The van der Waals surface area contributed by atoms with Crippen LogP contribution in [0.1, 0.15) is 26.7 Å². The molecule has 1 aromatic carbocycles. The van der Waals surface area contributed by atoms with Gasteiger partial charge in [0, 0.05) is 7.05 Å². The van der Waals surface area contributed by atoms with Crippen LogP contribution in [0, 0.1) is 0 Å². The fourth-order valence-corrected chi connectivity index (χ4v) is 2.49. The highest BCUT2D eigenvalue weighted by molar-refractivity contribution is 7.14. The monoisotopic (exact) mass is 332 g/mol. The van der Waals surface area contributed by atoms with Gasteiger partial charge >= 0.3 is 5.97 Å². The van der Waals surface area contributed by atoms with Gasteiger partial charge in [-0.15, -0.1) is 11.3 Å². The summed E-state index contributed by atoms with van der Waals surface area (Å²) < 4.78 is 5.38. The van der Waals surface area contributed by atoms with Crippen LogP contribution < -0.4 is 10.1 Å². The number of carbonyl (C=O) groups excluding carboxylic acids is 1. The van der Waals surface area contributed by atoms with E-state index in [4.69, 9.17) is 9.84 Å². The number of rotatable bonds is 7. The number of carboxylic acids is 1. The number of carbonyl (C=O) groups is 2. The zero-order chi connectivity index (χ0) is 16.7. The third kappa shape index (κ3) is 5.23. The first kappa shape index (κ1) is 16.7. The fraction of sp³-hybridized carbons (Fsp3) is 0.188. The van der Waals surface area contributed by atoms with Crippen molar-refractivity contribution in [3.8, 4) is 5.75 Å². The molecule has 1 heterocycles. The van der Waals surface area contributed by atoms with Crippen molar-refractivity contribution < 1.29 is 19.4 Å². The lowest BCUT2D eigenvalue weighted by molar-refractivity contribution is -0.137. The number of aromatic nitrogens is 1. The summed E-state index contributed by atoms with van der Waals surface area (Å²) in [6, 6.07) is 7.30. The van der Waals surface area contributed by atoms with E-state index in [1.54, 1.807) is 13.1 Å². The molecular formula is C16H16N2O4S. The number of benzene rings is 1. The number of carboxylic acid groups (broad SMARTS) is 1. The quantitative estimate of drug-likeness (QED) is 0.813. The van der Waals surface area contributed by atoms with Gasteiger partial charge in [-0.2, -0.15) is 0 Å². The summed E-state index contributed by atoms with van der Waals surface area (Å²) in [4.78, 5) is 26.7. The molecule has 2 N–H and O–H groups in total. The Morgan fingerprint density at radius 1 is 1.39 bits per heavy atom. The van der Waals surface area contributed by atoms with E-state index in [9.17, 15) is 9.59 Å². The maximum Gasteiger partial charge on any atom is 0.306 e. The molecule has 1 amide bonds. The molecule has 0 aliphatic heterocycles. The predicted octanol–water partition coefficient (Wildman–Crippen LogP) is 2.53. The topological polar surface area (TPSA) is 88.5 Å². The van der Waals surface area contributed by atoms with Gasteiger partial charge in [0.2, 0.25) is 0 Å². The third-order valence-corrected chi connectivity index (χ3v) is 3.80. The van der Waals surface area contributed by atoms with Gasteiger partial charge in [0.1, 0.15) is 15.6 Å². The second kappa shape index (κ2) is 8.09. The Bertz CT molecular complexity index is 724. The molecule has 120 valence electrons. The van der Waals surface area contributed by atoms with Crippen molar-refractivity contribution in [3.05, 3.63) is 45.9 Å². The lowest BCUT2D eigenvalue weighted by Crippen LogP contribution is -2.16. The van der Waals surface area contributed by atoms with Crippen LogP contribution in [0.3, 0.4) is 0 Å². The van der Waals surface area contributed by atoms with Gasteiger partial charge in [-0.05, 0) is 23.8 Å². The van der Waals surface area contributed by atoms with Crippen molar-refractivity contribution in [2.24, 2.45) is 0 Å². The average molecular weight is 332 g/mol. The van der Waals surface area contributed by atoms with E-state index in [1.165, 1.54) is 17.5 Å². The molecule has 0 aliphatic rings. The molecule has 0 saturated carbocycles. The standard InChI is InChI=1S/C16H16N2O4S/c1-17-16(21)13-10-18-14(23-13)6-5-11-3-2-4-12(9-11)22-8-7-15(19)20/h2-6,9-10H,7-8H2,1H3,(H,17,21)(H,19,20)/b6-5+. The minimum atomic E-state index is -0.892. The Morgan fingerprint density at radius 2 is 2.22 bits per heavy atom. The molecule has 0 unspecified atom stereocenters. The van der Waals surface area contributed by atoms with E-state index in [0.29, 0.717) is 10.6 Å². The number of hydrogen-bond donors (Lipinski definition) is 2. The van der Waals surface area contributed by atoms with Gasteiger partial charge in [0.05, 0.1) is 19.2 Å². The van der Waals surface area contributed by atoms with Crippen LogP contribution in [0.15, 0.2) is 30.5 Å². The summed E-state index contributed by atoms with van der Waals surface area (Å²) in [6.07, 6.45) is 5.17. The van der Waals surface area contributed by atoms with E-state index in [1.807, 2.05) is 30.4 Å². The summed E-state index contributed by atoms with van der Waals surface area (Å²) >= 11 is 1.30. The summed E-state index contributed by atoms with van der Waals surface area (Å²) in [5.74, 6) is -0.439. The minimum Gasteiger partial charge on any atom is -0.493 e. The zero-order valence-corrected chi connectivity index (χ0v) is 13.3. The Labute approximate surface area is 137 Å². The number of hydrogen-bond acceptors (Lipinski definition) is 5. The highest BCUT2D eigenvalue weighted by atomic mass is 32.1. The number of ether oxygens (including phenoxy) is 1. The second-order valence-electron chi connectivity index (χ2n) is 4.54. The van der Waals surface area contributed by atoms with Crippen LogP contribution in [0.5, 0.6) is 5.75 Å². The Morgan fingerprint density at radius 3 is 2.96 bits per heavy atom. The second-order valence-corrected chi connectivity index (χ2v) is 5.60. The average Bonchev–Trinajstić information content (AvgIpc) is 3.01. The molecular weight excluding hydrogens is 316 g/mol. The molecule has 0 aliphatic carbocycles. The molecule has 6 nitrogen and oxygen atoms in total. The van der Waals surface area contributed by atoms with Gasteiger partial charge in [-0.3, -0.25) is 9.59 Å². The van der Waals surface area contributed by atoms with Crippen LogP contribution in [0.25, 0.3) is 12.2 Å². The molecule has 2 aromatic rings. The van der Waals surface area contributed by atoms with Gasteiger partial charge < -0.3 is 15.2 Å². The van der Waals surface area contributed by atoms with Crippen LogP contribution in [0.4, 0.5) is 0 Å². The molecule has 0 fully saturated rings. The third-order valence-electron chi connectivity index (χ3n) is 2.84. The smallest absolute Gasteiger partial charge is 0.306 e. The lowest BCUT2D eigenvalue weighted by Gasteiger charge is -2.04. The first-order chi connectivity index (χ1) is 11.1. The SMILES string of the molecule is CNC(=O)c1cnc(/C=C/c2cccc(OCCC(=O)O)c2)s1. The number of aliphatic carboxylic acids is 1. The van der Waals surface area contributed by atoms with E-state index < -0.39 is 5.97 Å². The van der Waals surface area contributed by atoms with Gasteiger partial charge in [0.15, 0.2) is 0 Å². The van der Waals surface area contributed by atoms with Gasteiger partial charge in [-0.25, -0.2) is 4.98 Å². The number of amides is 1. The molecule has 2 rings (SSSR count). The number of thiazole rings is 1. The van der Waals surface area contributed by atoms with Crippen LogP contribution >= 0.6 is 11.3 Å². The van der Waals surface area contributed by atoms with Crippen molar-refractivity contribution in [2.75, 3.05) is 13.7 Å². The minimum absolute atomic E-state index is 0.0402. The van der Waals surface area contributed by atoms with Crippen LogP contribution in [-0.4, -0.2) is 35.6 Å². The molecule has 1 aromatic heterocycles. The Balaban J connectivity index is 2.00. The van der Waals surface area contributed by atoms with Crippen LogP contribution in [-0.2, 0) is 4.79 Å². The van der Waals surface area contributed by atoms with Crippen molar-refractivity contribution in [3.63, 3.8) is 0 Å². The van der Waals surface area contributed by atoms with E-state index in [2.05, 4.69) is 10.3 Å². The highest BCUT2D eigenvalue weighted by Gasteiger charge is 2.06. The van der Waals surface area contributed by atoms with Crippen LogP contribution in [0.2, 0.25) is 0 Å². The van der Waals surface area contributed by atoms with E-state index in [-0.39, 0.29) is 18.9 Å². The molecule has 0 saturated heterocycles. The van der Waals surface area contributed by atoms with Gasteiger partial charge in [0.25, 0.3) is 5.91 Å². The van der Waals surface area contributed by atoms with Crippen molar-refractivity contribution in [1.82, 2.24) is 10.3 Å². The molecule has 0 spiro atoms. The Hall–Kier alpha value is -2.67. The molecule has 23 heavy (non-hydrogen) atoms. The maximum atomic E-state index is 11.5. The summed E-state index contributed by atoms with van der Waals surface area (Å²) in [7, 11) is 1.58. The van der Waals surface area contributed by atoms with Crippen molar-refractivity contribution >= 4 is 35.4 Å². The normalized spacial score (nSPS) is 10.7. The molecule has 7 heteroatoms. The number of nitrogens with one attached hydrogen (secondary N) is 1. The Kier molecular flexibility index (Phi) is 5.87. The van der Waals surface area contributed by atoms with Gasteiger partial charge in [-0.1, -0.05) is 18.2 Å². The van der Waals surface area contributed by atoms with E-state index >= 15 is 0 Å². The van der Waals surface area contributed by atoms with Crippen molar-refractivity contribution in [1.29, 1.82) is 0 Å². The highest BCUT2D eigenvalue weighted by Crippen LogP contribution is 2.18. The van der Waals surface area contributed by atoms with Crippen molar-refractivity contribution in [2.45, 2.75) is 6.42 Å². The molecule has 0 radical (unpaired) electrons. The first-order valence-corrected chi connectivity index (χ1v) is 7.71. The first-order valence-electron chi connectivity index (χ1n) is 6.89. The summed E-state index contributed by atoms with van der Waals surface area (Å²) in [5, 5.41) is 11.9.